The van der Waals surface area contributed by atoms with E-state index in [0.29, 0.717) is 6.61 Å². The van der Waals surface area contributed by atoms with E-state index < -0.39 is 0 Å². The van der Waals surface area contributed by atoms with Crippen molar-refractivity contribution in [3.63, 3.8) is 0 Å². The van der Waals surface area contributed by atoms with E-state index in [1.807, 2.05) is 44.2 Å². The molecule has 0 saturated heterocycles. The van der Waals surface area contributed by atoms with Crippen LogP contribution in [-0.2, 0) is 9.53 Å². The van der Waals surface area contributed by atoms with Crippen molar-refractivity contribution in [3.8, 4) is 0 Å². The Morgan fingerprint density at radius 1 is 1.27 bits per heavy atom. The molecule has 2 nitrogen and oxygen atoms in total. The van der Waals surface area contributed by atoms with Crippen molar-refractivity contribution in [1.29, 1.82) is 0 Å². The van der Waals surface area contributed by atoms with Gasteiger partial charge in [0, 0.05) is 12.5 Å². The molecule has 0 radical (unpaired) electrons. The second kappa shape index (κ2) is 6.36. The zero-order chi connectivity index (χ0) is 11.1. The molecule has 0 aromatic heterocycles. The monoisotopic (exact) mass is 206 g/mol. The van der Waals surface area contributed by atoms with Crippen molar-refractivity contribution in [3.05, 3.63) is 35.9 Å². The van der Waals surface area contributed by atoms with Crippen molar-refractivity contribution in [2.45, 2.75) is 26.2 Å². The lowest BCUT2D eigenvalue weighted by atomic mass is 9.93. The minimum absolute atomic E-state index is 0.0160. The molecule has 0 unspecified atom stereocenters. The minimum Gasteiger partial charge on any atom is -0.374 e. The molecule has 1 aromatic rings. The summed E-state index contributed by atoms with van der Waals surface area (Å²) in [6.45, 7) is 4.75. The van der Waals surface area contributed by atoms with Gasteiger partial charge >= 0.3 is 0 Å². The maximum atomic E-state index is 11.8. The van der Waals surface area contributed by atoms with Gasteiger partial charge in [-0.05, 0) is 18.9 Å². The van der Waals surface area contributed by atoms with Crippen molar-refractivity contribution < 1.29 is 9.53 Å². The van der Waals surface area contributed by atoms with E-state index in [-0.39, 0.29) is 18.3 Å². The minimum atomic E-state index is -0.0160. The molecule has 1 aromatic carbocycles. The summed E-state index contributed by atoms with van der Waals surface area (Å²) in [5.74, 6) is 0.156. The van der Waals surface area contributed by atoms with E-state index in [1.54, 1.807) is 0 Å². The highest BCUT2D eigenvalue weighted by Gasteiger charge is 2.17. The fourth-order valence-corrected chi connectivity index (χ4v) is 1.64. The van der Waals surface area contributed by atoms with Gasteiger partial charge in [0.15, 0.2) is 5.78 Å². The SMILES string of the molecule is CCOCC(=O)[C@@H](CC)c1ccccc1. The predicted octanol–water partition coefficient (Wildman–Crippen LogP) is 2.79. The van der Waals surface area contributed by atoms with Gasteiger partial charge in [-0.1, -0.05) is 37.3 Å². The number of ether oxygens (including phenoxy) is 1. The molecule has 0 N–H and O–H groups in total. The van der Waals surface area contributed by atoms with Gasteiger partial charge in [0.2, 0.25) is 0 Å². The molecule has 0 aliphatic rings. The van der Waals surface area contributed by atoms with Crippen LogP contribution < -0.4 is 0 Å². The number of benzene rings is 1. The summed E-state index contributed by atoms with van der Waals surface area (Å²) >= 11 is 0. The van der Waals surface area contributed by atoms with Gasteiger partial charge in [-0.15, -0.1) is 0 Å². The highest BCUT2D eigenvalue weighted by Crippen LogP contribution is 2.20. The molecule has 2 heteroatoms. The van der Waals surface area contributed by atoms with Crippen LogP contribution in [0.4, 0.5) is 0 Å². The Balaban J connectivity index is 2.67. The number of carbonyl (C=O) groups is 1. The van der Waals surface area contributed by atoms with Gasteiger partial charge in [0.1, 0.15) is 6.61 Å². The Morgan fingerprint density at radius 2 is 1.93 bits per heavy atom. The third-order valence-corrected chi connectivity index (χ3v) is 2.45. The normalized spacial score (nSPS) is 12.4. The summed E-state index contributed by atoms with van der Waals surface area (Å²) in [5, 5.41) is 0. The Morgan fingerprint density at radius 3 is 2.47 bits per heavy atom. The fourth-order valence-electron chi connectivity index (χ4n) is 1.64. The largest absolute Gasteiger partial charge is 0.374 e. The average molecular weight is 206 g/mol. The third-order valence-electron chi connectivity index (χ3n) is 2.45. The Hall–Kier alpha value is -1.15. The maximum Gasteiger partial charge on any atom is 0.165 e. The summed E-state index contributed by atoms with van der Waals surface area (Å²) in [4.78, 5) is 11.8. The van der Waals surface area contributed by atoms with Gasteiger partial charge in [-0.3, -0.25) is 4.79 Å². The predicted molar refractivity (Wildman–Crippen MR) is 61.0 cm³/mol. The lowest BCUT2D eigenvalue weighted by Gasteiger charge is -2.13. The number of hydrogen-bond donors (Lipinski definition) is 0. The van der Waals surface area contributed by atoms with Gasteiger partial charge in [-0.2, -0.15) is 0 Å². The first-order valence-electron chi connectivity index (χ1n) is 5.45. The van der Waals surface area contributed by atoms with Gasteiger partial charge in [-0.25, -0.2) is 0 Å². The van der Waals surface area contributed by atoms with Crippen molar-refractivity contribution in [2.75, 3.05) is 13.2 Å². The number of carbonyl (C=O) groups excluding carboxylic acids is 1. The lowest BCUT2D eigenvalue weighted by Crippen LogP contribution is -2.17. The Labute approximate surface area is 91.3 Å². The van der Waals surface area contributed by atoms with Crippen molar-refractivity contribution in [1.82, 2.24) is 0 Å². The first kappa shape index (κ1) is 11.9. The fraction of sp³-hybridized carbons (Fsp3) is 0.462. The summed E-state index contributed by atoms with van der Waals surface area (Å²) in [6.07, 6.45) is 0.829. The third kappa shape index (κ3) is 3.48. The zero-order valence-electron chi connectivity index (χ0n) is 9.40. The zero-order valence-corrected chi connectivity index (χ0v) is 9.40. The van der Waals surface area contributed by atoms with E-state index in [9.17, 15) is 4.79 Å². The van der Waals surface area contributed by atoms with Gasteiger partial charge < -0.3 is 4.74 Å². The molecule has 0 spiro atoms. The van der Waals surface area contributed by atoms with E-state index in [2.05, 4.69) is 0 Å². The highest BCUT2D eigenvalue weighted by atomic mass is 16.5. The molecule has 0 heterocycles. The van der Waals surface area contributed by atoms with Gasteiger partial charge in [0.05, 0.1) is 0 Å². The number of ketones is 1. The molecule has 82 valence electrons. The average Bonchev–Trinajstić information content (AvgIpc) is 2.29. The summed E-state index contributed by atoms with van der Waals surface area (Å²) in [6, 6.07) is 9.89. The molecule has 0 amide bonds. The molecule has 0 saturated carbocycles. The molecule has 0 fully saturated rings. The van der Waals surface area contributed by atoms with Crippen LogP contribution >= 0.6 is 0 Å². The van der Waals surface area contributed by atoms with E-state index in [1.165, 1.54) is 0 Å². The smallest absolute Gasteiger partial charge is 0.165 e. The second-order valence-electron chi connectivity index (χ2n) is 3.47. The number of Topliss-reactive ketones (excluding diaryl/α,β-unsaturated/α-hetero) is 1. The first-order valence-corrected chi connectivity index (χ1v) is 5.45. The van der Waals surface area contributed by atoms with Crippen LogP contribution in [0.1, 0.15) is 31.7 Å². The molecule has 0 aliphatic heterocycles. The van der Waals surface area contributed by atoms with Gasteiger partial charge in [0.25, 0.3) is 0 Å². The number of rotatable bonds is 6. The van der Waals surface area contributed by atoms with Crippen LogP contribution in [-0.4, -0.2) is 19.0 Å². The van der Waals surface area contributed by atoms with Crippen LogP contribution in [0, 0.1) is 0 Å². The maximum absolute atomic E-state index is 11.8. The van der Waals surface area contributed by atoms with E-state index >= 15 is 0 Å². The molecule has 0 aliphatic carbocycles. The van der Waals surface area contributed by atoms with Crippen LogP contribution in [0.25, 0.3) is 0 Å². The molecule has 1 rings (SSSR count). The topological polar surface area (TPSA) is 26.3 Å². The van der Waals surface area contributed by atoms with E-state index in [0.717, 1.165) is 12.0 Å². The number of hydrogen-bond acceptors (Lipinski definition) is 2. The van der Waals surface area contributed by atoms with Crippen LogP contribution in [0.2, 0.25) is 0 Å². The molecular formula is C13H18O2. The summed E-state index contributed by atoms with van der Waals surface area (Å²) in [5.41, 5.74) is 1.09. The van der Waals surface area contributed by atoms with Crippen LogP contribution in [0.15, 0.2) is 30.3 Å². The summed E-state index contributed by atoms with van der Waals surface area (Å²) in [7, 11) is 0. The van der Waals surface area contributed by atoms with Crippen LogP contribution in [0.3, 0.4) is 0 Å². The molecule has 1 atom stereocenters. The van der Waals surface area contributed by atoms with Crippen molar-refractivity contribution in [2.24, 2.45) is 0 Å². The lowest BCUT2D eigenvalue weighted by molar-refractivity contribution is -0.125. The second-order valence-corrected chi connectivity index (χ2v) is 3.47. The first-order chi connectivity index (χ1) is 7.29. The quantitative estimate of drug-likeness (QED) is 0.715. The van der Waals surface area contributed by atoms with Crippen LogP contribution in [0.5, 0.6) is 0 Å². The Kier molecular flexibility index (Phi) is 5.05. The highest BCUT2D eigenvalue weighted by molar-refractivity contribution is 5.86. The Bertz CT molecular complexity index is 293. The summed E-state index contributed by atoms with van der Waals surface area (Å²) < 4.78 is 5.15. The standard InChI is InChI=1S/C13H18O2/c1-3-12(13(14)10-15-4-2)11-8-6-5-7-9-11/h5-9,12H,3-4,10H2,1-2H3/t12-/m0/s1. The van der Waals surface area contributed by atoms with E-state index in [4.69, 9.17) is 4.74 Å². The van der Waals surface area contributed by atoms with Crippen molar-refractivity contribution >= 4 is 5.78 Å². The molecule has 15 heavy (non-hydrogen) atoms. The molecule has 0 bridgehead atoms. The molecular weight excluding hydrogens is 188 g/mol.